The molecule has 0 unspecified atom stereocenters. The Bertz CT molecular complexity index is 626. The van der Waals surface area contributed by atoms with E-state index in [1.807, 2.05) is 0 Å². The molecule has 1 saturated heterocycles. The molecule has 0 spiro atoms. The number of fused-ring (bicyclic) bond motifs is 1. The van der Waals surface area contributed by atoms with Crippen molar-refractivity contribution >= 4 is 16.9 Å². The standard InChI is InChI=1S/C14H15NO3/c1-17-10-4-5-11-12(16)9-14(18-13(11)8-10)15-6-2-3-7-15/h4-5,8-9H,2-3,6-7H2,1H3. The fourth-order valence-corrected chi connectivity index (χ4v) is 2.34. The minimum atomic E-state index is 0.000744. The van der Waals surface area contributed by atoms with Crippen LogP contribution in [-0.2, 0) is 0 Å². The van der Waals surface area contributed by atoms with E-state index in [2.05, 4.69) is 4.90 Å². The molecule has 4 heteroatoms. The molecule has 0 atom stereocenters. The first kappa shape index (κ1) is 11.1. The Morgan fingerprint density at radius 2 is 2.00 bits per heavy atom. The summed E-state index contributed by atoms with van der Waals surface area (Å²) in [7, 11) is 1.60. The highest BCUT2D eigenvalue weighted by atomic mass is 16.5. The molecule has 1 aliphatic rings. The van der Waals surface area contributed by atoms with E-state index in [9.17, 15) is 4.79 Å². The van der Waals surface area contributed by atoms with Crippen LogP contribution in [-0.4, -0.2) is 20.2 Å². The van der Waals surface area contributed by atoms with Crippen LogP contribution in [0.3, 0.4) is 0 Å². The van der Waals surface area contributed by atoms with Crippen molar-refractivity contribution in [3.05, 3.63) is 34.5 Å². The van der Waals surface area contributed by atoms with Gasteiger partial charge in [0, 0.05) is 25.2 Å². The van der Waals surface area contributed by atoms with Crippen LogP contribution < -0.4 is 15.1 Å². The maximum absolute atomic E-state index is 12.0. The first-order valence-electron chi connectivity index (χ1n) is 6.15. The van der Waals surface area contributed by atoms with Crippen molar-refractivity contribution in [2.45, 2.75) is 12.8 Å². The van der Waals surface area contributed by atoms with E-state index in [-0.39, 0.29) is 5.43 Å². The number of ether oxygens (including phenoxy) is 1. The molecular weight excluding hydrogens is 230 g/mol. The van der Waals surface area contributed by atoms with Gasteiger partial charge in [-0.3, -0.25) is 4.79 Å². The Morgan fingerprint density at radius 1 is 1.22 bits per heavy atom. The molecule has 0 radical (unpaired) electrons. The van der Waals surface area contributed by atoms with Crippen molar-refractivity contribution in [2.24, 2.45) is 0 Å². The quantitative estimate of drug-likeness (QED) is 0.814. The summed E-state index contributed by atoms with van der Waals surface area (Å²) in [5, 5.41) is 0.596. The largest absolute Gasteiger partial charge is 0.497 e. The van der Waals surface area contributed by atoms with Gasteiger partial charge in [-0.1, -0.05) is 0 Å². The van der Waals surface area contributed by atoms with E-state index in [0.29, 0.717) is 22.6 Å². The summed E-state index contributed by atoms with van der Waals surface area (Å²) in [6.07, 6.45) is 2.31. The molecular formula is C14H15NO3. The van der Waals surface area contributed by atoms with E-state index in [4.69, 9.17) is 9.15 Å². The molecule has 94 valence electrons. The average molecular weight is 245 g/mol. The Kier molecular flexibility index (Phi) is 2.70. The molecule has 4 nitrogen and oxygen atoms in total. The van der Waals surface area contributed by atoms with Crippen molar-refractivity contribution in [2.75, 3.05) is 25.1 Å². The molecule has 0 bridgehead atoms. The second kappa shape index (κ2) is 4.37. The molecule has 1 fully saturated rings. The fraction of sp³-hybridized carbons (Fsp3) is 0.357. The first-order chi connectivity index (χ1) is 8.78. The minimum Gasteiger partial charge on any atom is -0.497 e. The molecule has 1 aromatic carbocycles. The number of hydrogen-bond donors (Lipinski definition) is 0. The molecule has 0 aliphatic carbocycles. The van der Waals surface area contributed by atoms with Crippen LogP contribution in [0.15, 0.2) is 33.5 Å². The van der Waals surface area contributed by atoms with Gasteiger partial charge in [0.05, 0.1) is 12.5 Å². The molecule has 0 amide bonds. The van der Waals surface area contributed by atoms with Crippen LogP contribution in [0.5, 0.6) is 5.75 Å². The van der Waals surface area contributed by atoms with Crippen LogP contribution in [0.2, 0.25) is 0 Å². The van der Waals surface area contributed by atoms with E-state index in [1.165, 1.54) is 0 Å². The molecule has 2 aromatic rings. The lowest BCUT2D eigenvalue weighted by atomic mass is 10.2. The Hall–Kier alpha value is -1.97. The average Bonchev–Trinajstić information content (AvgIpc) is 2.91. The van der Waals surface area contributed by atoms with Crippen LogP contribution in [0.25, 0.3) is 11.0 Å². The van der Waals surface area contributed by atoms with Crippen molar-refractivity contribution in [1.29, 1.82) is 0 Å². The highest BCUT2D eigenvalue weighted by Crippen LogP contribution is 2.25. The highest BCUT2D eigenvalue weighted by Gasteiger charge is 2.16. The molecule has 1 aliphatic heterocycles. The van der Waals surface area contributed by atoms with Gasteiger partial charge in [-0.05, 0) is 25.0 Å². The number of nitrogens with zero attached hydrogens (tertiary/aromatic N) is 1. The molecule has 2 heterocycles. The van der Waals surface area contributed by atoms with E-state index in [0.717, 1.165) is 25.9 Å². The topological polar surface area (TPSA) is 42.7 Å². The lowest BCUT2D eigenvalue weighted by molar-refractivity contribution is 0.414. The van der Waals surface area contributed by atoms with Gasteiger partial charge >= 0.3 is 0 Å². The highest BCUT2D eigenvalue weighted by molar-refractivity contribution is 5.79. The second-order valence-corrected chi connectivity index (χ2v) is 4.51. The van der Waals surface area contributed by atoms with Crippen molar-refractivity contribution < 1.29 is 9.15 Å². The number of hydrogen-bond acceptors (Lipinski definition) is 4. The van der Waals surface area contributed by atoms with Gasteiger partial charge in [-0.2, -0.15) is 0 Å². The summed E-state index contributed by atoms with van der Waals surface area (Å²) in [5.74, 6) is 1.36. The smallest absolute Gasteiger partial charge is 0.199 e. The zero-order valence-electron chi connectivity index (χ0n) is 10.3. The van der Waals surface area contributed by atoms with Gasteiger partial charge in [0.15, 0.2) is 11.3 Å². The van der Waals surface area contributed by atoms with Crippen LogP contribution >= 0.6 is 0 Å². The van der Waals surface area contributed by atoms with Crippen molar-refractivity contribution in [3.8, 4) is 5.75 Å². The molecule has 1 aromatic heterocycles. The van der Waals surface area contributed by atoms with Crippen LogP contribution in [0.1, 0.15) is 12.8 Å². The summed E-state index contributed by atoms with van der Waals surface area (Å²) in [6, 6.07) is 6.86. The van der Waals surface area contributed by atoms with E-state index < -0.39 is 0 Å². The minimum absolute atomic E-state index is 0.000744. The Morgan fingerprint density at radius 3 is 2.72 bits per heavy atom. The summed E-state index contributed by atoms with van der Waals surface area (Å²) < 4.78 is 11.0. The third kappa shape index (κ3) is 1.83. The third-order valence-corrected chi connectivity index (χ3v) is 3.34. The molecule has 0 saturated carbocycles. The molecule has 0 N–H and O–H groups in total. The number of methoxy groups -OCH3 is 1. The number of rotatable bonds is 2. The first-order valence-corrected chi connectivity index (χ1v) is 6.15. The Labute approximate surface area is 105 Å². The van der Waals surface area contributed by atoms with Gasteiger partial charge in [0.2, 0.25) is 0 Å². The van der Waals surface area contributed by atoms with Gasteiger partial charge in [0.1, 0.15) is 11.3 Å². The summed E-state index contributed by atoms with van der Waals surface area (Å²) in [6.45, 7) is 1.91. The predicted molar refractivity (Wildman–Crippen MR) is 70.5 cm³/mol. The Balaban J connectivity index is 2.14. The van der Waals surface area contributed by atoms with Gasteiger partial charge in [-0.15, -0.1) is 0 Å². The summed E-state index contributed by atoms with van der Waals surface area (Å²) >= 11 is 0. The molecule has 18 heavy (non-hydrogen) atoms. The number of anilines is 1. The predicted octanol–water partition coefficient (Wildman–Crippen LogP) is 2.40. The zero-order chi connectivity index (χ0) is 12.5. The normalized spacial score (nSPS) is 15.3. The lowest BCUT2D eigenvalue weighted by Gasteiger charge is -2.15. The van der Waals surface area contributed by atoms with Crippen LogP contribution in [0.4, 0.5) is 5.88 Å². The third-order valence-electron chi connectivity index (χ3n) is 3.34. The fourth-order valence-electron chi connectivity index (χ4n) is 2.34. The maximum Gasteiger partial charge on any atom is 0.199 e. The van der Waals surface area contributed by atoms with Gasteiger partial charge in [0.25, 0.3) is 0 Å². The second-order valence-electron chi connectivity index (χ2n) is 4.51. The van der Waals surface area contributed by atoms with Crippen molar-refractivity contribution in [1.82, 2.24) is 0 Å². The number of benzene rings is 1. The SMILES string of the molecule is COc1ccc2c(=O)cc(N3CCCC3)oc2c1. The zero-order valence-corrected chi connectivity index (χ0v) is 10.3. The summed E-state index contributed by atoms with van der Waals surface area (Å²) in [4.78, 5) is 14.1. The van der Waals surface area contributed by atoms with Crippen molar-refractivity contribution in [3.63, 3.8) is 0 Å². The van der Waals surface area contributed by atoms with E-state index in [1.54, 1.807) is 31.4 Å². The lowest BCUT2D eigenvalue weighted by Crippen LogP contribution is -2.19. The van der Waals surface area contributed by atoms with E-state index >= 15 is 0 Å². The van der Waals surface area contributed by atoms with Gasteiger partial charge < -0.3 is 14.1 Å². The maximum atomic E-state index is 12.0. The van der Waals surface area contributed by atoms with Crippen LogP contribution in [0, 0.1) is 0 Å². The van der Waals surface area contributed by atoms with Gasteiger partial charge in [-0.25, -0.2) is 0 Å². The summed E-state index contributed by atoms with van der Waals surface area (Å²) in [5.41, 5.74) is 0.588. The molecule has 3 rings (SSSR count). The monoisotopic (exact) mass is 245 g/mol.